The van der Waals surface area contributed by atoms with Crippen molar-refractivity contribution in [3.8, 4) is 28.4 Å². The highest BCUT2D eigenvalue weighted by atomic mass is 16.5. The summed E-state index contributed by atoms with van der Waals surface area (Å²) < 4.78 is 6.26. The summed E-state index contributed by atoms with van der Waals surface area (Å²) in [5, 5.41) is 9.07. The van der Waals surface area contributed by atoms with Gasteiger partial charge in [-0.15, -0.1) is 0 Å². The lowest BCUT2D eigenvalue weighted by Crippen LogP contribution is -2.29. The van der Waals surface area contributed by atoms with Gasteiger partial charge in [-0.05, 0) is 81.3 Å². The Bertz CT molecular complexity index is 1540. The number of H-pyrrole nitrogens is 2. The molecule has 2 aliphatic rings. The third-order valence-corrected chi connectivity index (χ3v) is 7.86. The lowest BCUT2D eigenvalue weighted by atomic mass is 9.98. The summed E-state index contributed by atoms with van der Waals surface area (Å²) in [6, 6.07) is 14.9. The van der Waals surface area contributed by atoms with Gasteiger partial charge in [0.15, 0.2) is 0 Å². The molecule has 0 spiro atoms. The summed E-state index contributed by atoms with van der Waals surface area (Å²) >= 11 is 0. The molecule has 0 atom stereocenters. The number of pyridine rings is 2. The van der Waals surface area contributed by atoms with Crippen LogP contribution < -0.4 is 9.64 Å². The Kier molecular flexibility index (Phi) is 5.76. The van der Waals surface area contributed by atoms with Crippen LogP contribution in [0.25, 0.3) is 44.6 Å². The molecular formula is C30H32N6O. The van der Waals surface area contributed by atoms with Crippen molar-refractivity contribution >= 4 is 27.6 Å². The third kappa shape index (κ3) is 4.32. The summed E-state index contributed by atoms with van der Waals surface area (Å²) in [6.45, 7) is 2.24. The first-order chi connectivity index (χ1) is 18.3. The number of rotatable bonds is 5. The van der Waals surface area contributed by atoms with E-state index in [2.05, 4.69) is 55.4 Å². The van der Waals surface area contributed by atoms with Gasteiger partial charge in [0, 0.05) is 41.4 Å². The standard InChI is InChI=1S/C30H32N6O/c1-3-8-21(9-4-1)37-22-16-20(18-31-19-22)24-12-13-26-29(33-24)30(35-34-26)27-17-23-25(32-27)10-7-11-28(23)36-14-5-2-6-15-36/h7,10-13,16-19,21,32H,1-6,8-9,14-15H2,(H,34,35). The number of fused-ring (bicyclic) bond motifs is 2. The minimum atomic E-state index is 0.290. The Morgan fingerprint density at radius 2 is 1.73 bits per heavy atom. The van der Waals surface area contributed by atoms with E-state index in [0.717, 1.165) is 70.9 Å². The fourth-order valence-electron chi connectivity index (χ4n) is 5.92. The number of hydrogen-bond donors (Lipinski definition) is 2. The first kappa shape index (κ1) is 22.3. The number of benzene rings is 1. The van der Waals surface area contributed by atoms with Crippen molar-refractivity contribution in [2.24, 2.45) is 0 Å². The van der Waals surface area contributed by atoms with Gasteiger partial charge < -0.3 is 14.6 Å². The highest BCUT2D eigenvalue weighted by Crippen LogP contribution is 2.35. The van der Waals surface area contributed by atoms with Crippen LogP contribution >= 0.6 is 0 Å². The monoisotopic (exact) mass is 492 g/mol. The molecule has 7 heteroatoms. The molecule has 4 aromatic heterocycles. The van der Waals surface area contributed by atoms with E-state index < -0.39 is 0 Å². The SMILES string of the molecule is c1cc(N2CCCCC2)c2cc(-c3n[nH]c4ccc(-c5cncc(OC6CCCCC6)c5)nc34)[nH]c2c1. The van der Waals surface area contributed by atoms with E-state index in [4.69, 9.17) is 9.72 Å². The van der Waals surface area contributed by atoms with Crippen LogP contribution in [0.1, 0.15) is 51.4 Å². The number of nitrogens with zero attached hydrogens (tertiary/aromatic N) is 4. The number of hydrogen-bond acceptors (Lipinski definition) is 5. The highest BCUT2D eigenvalue weighted by Gasteiger charge is 2.19. The molecular weight excluding hydrogens is 460 g/mol. The first-order valence-electron chi connectivity index (χ1n) is 13.7. The number of piperidine rings is 1. The van der Waals surface area contributed by atoms with Gasteiger partial charge in [0.25, 0.3) is 0 Å². The second-order valence-electron chi connectivity index (χ2n) is 10.4. The number of ether oxygens (including phenoxy) is 1. The summed E-state index contributed by atoms with van der Waals surface area (Å²) in [4.78, 5) is 15.6. The van der Waals surface area contributed by atoms with Crippen molar-refractivity contribution in [3.05, 3.63) is 54.9 Å². The van der Waals surface area contributed by atoms with Crippen LogP contribution in [0.3, 0.4) is 0 Å². The lowest BCUT2D eigenvalue weighted by Gasteiger charge is -2.29. The maximum absolute atomic E-state index is 6.26. The van der Waals surface area contributed by atoms with Crippen molar-refractivity contribution in [1.82, 2.24) is 25.1 Å². The average Bonchev–Trinajstić information content (AvgIpc) is 3.58. The molecule has 0 amide bonds. The van der Waals surface area contributed by atoms with Crippen LogP contribution in [0, 0.1) is 0 Å². The van der Waals surface area contributed by atoms with Gasteiger partial charge in [0.2, 0.25) is 0 Å². The zero-order valence-corrected chi connectivity index (χ0v) is 21.0. The molecule has 2 N–H and O–H groups in total. The van der Waals surface area contributed by atoms with Gasteiger partial charge in [-0.3, -0.25) is 10.1 Å². The second kappa shape index (κ2) is 9.54. The van der Waals surface area contributed by atoms with Gasteiger partial charge in [0.05, 0.1) is 29.2 Å². The zero-order valence-electron chi connectivity index (χ0n) is 21.0. The van der Waals surface area contributed by atoms with Gasteiger partial charge in [-0.25, -0.2) is 4.98 Å². The molecule has 1 aromatic carbocycles. The van der Waals surface area contributed by atoms with E-state index in [0.29, 0.717) is 6.10 Å². The van der Waals surface area contributed by atoms with Gasteiger partial charge in [-0.2, -0.15) is 5.10 Å². The van der Waals surface area contributed by atoms with Crippen molar-refractivity contribution in [3.63, 3.8) is 0 Å². The Morgan fingerprint density at radius 1 is 0.865 bits per heavy atom. The molecule has 0 bridgehead atoms. The molecule has 188 valence electrons. The smallest absolute Gasteiger partial charge is 0.138 e. The first-order valence-corrected chi connectivity index (χ1v) is 13.7. The molecule has 37 heavy (non-hydrogen) atoms. The Hall–Kier alpha value is -3.87. The maximum Gasteiger partial charge on any atom is 0.138 e. The van der Waals surface area contributed by atoms with Gasteiger partial charge in [-0.1, -0.05) is 12.5 Å². The fourth-order valence-corrected chi connectivity index (χ4v) is 5.92. The van der Waals surface area contributed by atoms with E-state index in [9.17, 15) is 0 Å². The Balaban J connectivity index is 1.23. The topological polar surface area (TPSA) is 82.7 Å². The molecule has 2 fully saturated rings. The molecule has 0 unspecified atom stereocenters. The predicted molar refractivity (Wildman–Crippen MR) is 148 cm³/mol. The maximum atomic E-state index is 6.26. The largest absolute Gasteiger partial charge is 0.489 e. The minimum Gasteiger partial charge on any atom is -0.489 e. The number of aromatic amines is 2. The molecule has 1 aliphatic heterocycles. The minimum absolute atomic E-state index is 0.290. The van der Waals surface area contributed by atoms with Crippen molar-refractivity contribution < 1.29 is 4.74 Å². The summed E-state index contributed by atoms with van der Waals surface area (Å²) in [6.07, 6.45) is 13.8. The average molecular weight is 493 g/mol. The highest BCUT2D eigenvalue weighted by molar-refractivity contribution is 5.99. The molecule has 1 aliphatic carbocycles. The molecule has 7 rings (SSSR count). The normalized spacial score (nSPS) is 17.0. The molecule has 1 saturated heterocycles. The number of nitrogens with one attached hydrogen (secondary N) is 2. The van der Waals surface area contributed by atoms with Crippen LogP contribution in [0.2, 0.25) is 0 Å². The quantitative estimate of drug-likeness (QED) is 0.280. The Labute approximate surface area is 216 Å². The summed E-state index contributed by atoms with van der Waals surface area (Å²) in [5.41, 5.74) is 7.81. The zero-order chi connectivity index (χ0) is 24.6. The predicted octanol–water partition coefficient (Wildman–Crippen LogP) is 6.87. The fraction of sp³-hybridized carbons (Fsp3) is 0.367. The molecule has 5 aromatic rings. The van der Waals surface area contributed by atoms with E-state index >= 15 is 0 Å². The summed E-state index contributed by atoms with van der Waals surface area (Å²) in [7, 11) is 0. The van der Waals surface area contributed by atoms with E-state index in [1.54, 1.807) is 0 Å². The van der Waals surface area contributed by atoms with Crippen LogP contribution in [-0.2, 0) is 0 Å². The van der Waals surface area contributed by atoms with E-state index in [1.165, 1.54) is 49.6 Å². The third-order valence-electron chi connectivity index (χ3n) is 7.86. The van der Waals surface area contributed by atoms with Gasteiger partial charge >= 0.3 is 0 Å². The Morgan fingerprint density at radius 3 is 2.62 bits per heavy atom. The van der Waals surface area contributed by atoms with E-state index in [-0.39, 0.29) is 0 Å². The van der Waals surface area contributed by atoms with Gasteiger partial charge in [0.1, 0.15) is 17.0 Å². The van der Waals surface area contributed by atoms with Crippen molar-refractivity contribution in [1.29, 1.82) is 0 Å². The van der Waals surface area contributed by atoms with Crippen LogP contribution in [0.5, 0.6) is 5.75 Å². The number of anilines is 1. The molecule has 0 radical (unpaired) electrons. The second-order valence-corrected chi connectivity index (χ2v) is 10.4. The molecule has 5 heterocycles. The number of aromatic nitrogens is 5. The lowest BCUT2D eigenvalue weighted by molar-refractivity contribution is 0.154. The van der Waals surface area contributed by atoms with Crippen molar-refractivity contribution in [2.45, 2.75) is 57.5 Å². The molecule has 7 nitrogen and oxygen atoms in total. The molecule has 1 saturated carbocycles. The van der Waals surface area contributed by atoms with Crippen LogP contribution in [0.4, 0.5) is 5.69 Å². The van der Waals surface area contributed by atoms with Crippen LogP contribution in [0.15, 0.2) is 54.9 Å². The van der Waals surface area contributed by atoms with E-state index in [1.807, 2.05) is 24.5 Å². The summed E-state index contributed by atoms with van der Waals surface area (Å²) in [5.74, 6) is 0.819. The van der Waals surface area contributed by atoms with Crippen molar-refractivity contribution in [2.75, 3.05) is 18.0 Å². The van der Waals surface area contributed by atoms with Crippen LogP contribution in [-0.4, -0.2) is 44.3 Å².